The Labute approximate surface area is 107 Å². The van der Waals surface area contributed by atoms with Crippen LogP contribution in [0.25, 0.3) is 0 Å². The SMILES string of the molecule is O=C(NCc1ccc(F)cc1)c1cccc(F)c1F. The molecule has 0 heterocycles. The molecule has 0 unspecified atom stereocenters. The molecule has 0 spiro atoms. The maximum atomic E-state index is 13.3. The fraction of sp³-hybridized carbons (Fsp3) is 0.0714. The molecule has 0 aliphatic heterocycles. The number of rotatable bonds is 3. The second kappa shape index (κ2) is 5.56. The summed E-state index contributed by atoms with van der Waals surface area (Å²) < 4.78 is 39.0. The summed E-state index contributed by atoms with van der Waals surface area (Å²) in [6.45, 7) is 0.106. The molecule has 0 saturated heterocycles. The zero-order valence-corrected chi connectivity index (χ0v) is 9.79. The Kier molecular flexibility index (Phi) is 3.85. The monoisotopic (exact) mass is 265 g/mol. The van der Waals surface area contributed by atoms with Crippen molar-refractivity contribution in [3.8, 4) is 0 Å². The fourth-order valence-electron chi connectivity index (χ4n) is 1.56. The number of carbonyl (C=O) groups excluding carboxylic acids is 1. The van der Waals surface area contributed by atoms with Crippen molar-refractivity contribution in [3.63, 3.8) is 0 Å². The number of amides is 1. The smallest absolute Gasteiger partial charge is 0.254 e. The van der Waals surface area contributed by atoms with E-state index in [0.717, 1.165) is 6.07 Å². The topological polar surface area (TPSA) is 29.1 Å². The summed E-state index contributed by atoms with van der Waals surface area (Å²) in [5.41, 5.74) is 0.300. The van der Waals surface area contributed by atoms with Crippen molar-refractivity contribution in [1.82, 2.24) is 5.32 Å². The van der Waals surface area contributed by atoms with Gasteiger partial charge >= 0.3 is 0 Å². The molecule has 0 aliphatic carbocycles. The van der Waals surface area contributed by atoms with Crippen LogP contribution in [0.2, 0.25) is 0 Å². The molecule has 98 valence electrons. The first-order valence-corrected chi connectivity index (χ1v) is 5.54. The molecule has 0 saturated carbocycles. The minimum Gasteiger partial charge on any atom is -0.348 e. The van der Waals surface area contributed by atoms with Gasteiger partial charge in [-0.05, 0) is 29.8 Å². The average molecular weight is 265 g/mol. The number of carbonyl (C=O) groups is 1. The van der Waals surface area contributed by atoms with Gasteiger partial charge in [-0.15, -0.1) is 0 Å². The maximum Gasteiger partial charge on any atom is 0.254 e. The van der Waals surface area contributed by atoms with E-state index in [0.29, 0.717) is 5.56 Å². The number of hydrogen-bond donors (Lipinski definition) is 1. The van der Waals surface area contributed by atoms with Crippen molar-refractivity contribution in [2.24, 2.45) is 0 Å². The summed E-state index contributed by atoms with van der Waals surface area (Å²) in [6, 6.07) is 8.89. The van der Waals surface area contributed by atoms with Crippen LogP contribution in [0.3, 0.4) is 0 Å². The molecule has 0 bridgehead atoms. The lowest BCUT2D eigenvalue weighted by molar-refractivity contribution is 0.0946. The highest BCUT2D eigenvalue weighted by atomic mass is 19.2. The van der Waals surface area contributed by atoms with Crippen molar-refractivity contribution in [3.05, 3.63) is 71.0 Å². The van der Waals surface area contributed by atoms with Crippen LogP contribution < -0.4 is 5.32 Å². The number of halogens is 3. The fourth-order valence-corrected chi connectivity index (χ4v) is 1.56. The molecule has 0 aromatic heterocycles. The summed E-state index contributed by atoms with van der Waals surface area (Å²) in [5, 5.41) is 2.43. The molecule has 0 radical (unpaired) electrons. The molecule has 5 heteroatoms. The van der Waals surface area contributed by atoms with E-state index in [2.05, 4.69) is 5.32 Å². The van der Waals surface area contributed by atoms with Crippen LogP contribution in [-0.2, 0) is 6.54 Å². The van der Waals surface area contributed by atoms with E-state index in [1.807, 2.05) is 0 Å². The lowest BCUT2D eigenvalue weighted by Crippen LogP contribution is -2.24. The summed E-state index contributed by atoms with van der Waals surface area (Å²) in [4.78, 5) is 11.7. The second-order valence-electron chi connectivity index (χ2n) is 3.91. The second-order valence-corrected chi connectivity index (χ2v) is 3.91. The lowest BCUT2D eigenvalue weighted by Gasteiger charge is -2.06. The minimum absolute atomic E-state index is 0.106. The molecular formula is C14H10F3NO. The highest BCUT2D eigenvalue weighted by Crippen LogP contribution is 2.11. The van der Waals surface area contributed by atoms with Crippen molar-refractivity contribution in [2.45, 2.75) is 6.54 Å². The summed E-state index contributed by atoms with van der Waals surface area (Å²) in [6.07, 6.45) is 0. The average Bonchev–Trinajstić information content (AvgIpc) is 2.41. The van der Waals surface area contributed by atoms with E-state index in [-0.39, 0.29) is 17.9 Å². The van der Waals surface area contributed by atoms with Crippen LogP contribution in [0.5, 0.6) is 0 Å². The molecule has 1 N–H and O–H groups in total. The van der Waals surface area contributed by atoms with Crippen LogP contribution in [0.15, 0.2) is 42.5 Å². The van der Waals surface area contributed by atoms with E-state index >= 15 is 0 Å². The zero-order valence-electron chi connectivity index (χ0n) is 9.79. The van der Waals surface area contributed by atoms with Crippen LogP contribution >= 0.6 is 0 Å². The number of benzene rings is 2. The highest BCUT2D eigenvalue weighted by molar-refractivity contribution is 5.94. The molecule has 19 heavy (non-hydrogen) atoms. The minimum atomic E-state index is -1.18. The van der Waals surface area contributed by atoms with E-state index in [1.54, 1.807) is 0 Å². The van der Waals surface area contributed by atoms with Crippen LogP contribution in [0, 0.1) is 17.5 Å². The predicted octanol–water partition coefficient (Wildman–Crippen LogP) is 3.03. The normalized spacial score (nSPS) is 10.3. The van der Waals surface area contributed by atoms with Gasteiger partial charge < -0.3 is 5.32 Å². The van der Waals surface area contributed by atoms with Crippen molar-refractivity contribution >= 4 is 5.91 Å². The zero-order chi connectivity index (χ0) is 13.8. The Bertz CT molecular complexity index is 596. The van der Waals surface area contributed by atoms with Crippen LogP contribution in [0.1, 0.15) is 15.9 Å². The van der Waals surface area contributed by atoms with Gasteiger partial charge in [0, 0.05) is 6.54 Å². The van der Waals surface area contributed by atoms with Gasteiger partial charge in [0.2, 0.25) is 0 Å². The maximum absolute atomic E-state index is 13.3. The molecule has 0 atom stereocenters. The van der Waals surface area contributed by atoms with Gasteiger partial charge in [-0.2, -0.15) is 0 Å². The molecular weight excluding hydrogens is 255 g/mol. The van der Waals surface area contributed by atoms with Crippen molar-refractivity contribution < 1.29 is 18.0 Å². The molecule has 2 nitrogen and oxygen atoms in total. The quantitative estimate of drug-likeness (QED) is 0.908. The van der Waals surface area contributed by atoms with Gasteiger partial charge in [0.05, 0.1) is 5.56 Å². The Hall–Kier alpha value is -2.30. The van der Waals surface area contributed by atoms with E-state index in [1.165, 1.54) is 36.4 Å². The molecule has 2 aromatic carbocycles. The third kappa shape index (κ3) is 3.13. The van der Waals surface area contributed by atoms with E-state index in [4.69, 9.17) is 0 Å². The standard InChI is InChI=1S/C14H10F3NO/c15-10-6-4-9(5-7-10)8-18-14(19)11-2-1-3-12(16)13(11)17/h1-7H,8H2,(H,18,19). The Balaban J connectivity index is 2.05. The third-order valence-electron chi connectivity index (χ3n) is 2.56. The third-order valence-corrected chi connectivity index (χ3v) is 2.56. The predicted molar refractivity (Wildman–Crippen MR) is 63.9 cm³/mol. The Morgan fingerprint density at radius 1 is 1.00 bits per heavy atom. The van der Waals surface area contributed by atoms with Gasteiger partial charge in [0.15, 0.2) is 11.6 Å². The molecule has 0 aliphatic rings. The van der Waals surface area contributed by atoms with E-state index < -0.39 is 17.5 Å². The summed E-state index contributed by atoms with van der Waals surface area (Å²) >= 11 is 0. The van der Waals surface area contributed by atoms with Gasteiger partial charge in [-0.25, -0.2) is 13.2 Å². The van der Waals surface area contributed by atoms with Gasteiger partial charge in [-0.1, -0.05) is 18.2 Å². The number of hydrogen-bond acceptors (Lipinski definition) is 1. The van der Waals surface area contributed by atoms with Gasteiger partial charge in [0.1, 0.15) is 5.82 Å². The molecule has 2 aromatic rings. The first kappa shape index (κ1) is 13.1. The van der Waals surface area contributed by atoms with Crippen molar-refractivity contribution in [1.29, 1.82) is 0 Å². The lowest BCUT2D eigenvalue weighted by atomic mass is 10.1. The summed E-state index contributed by atoms with van der Waals surface area (Å²) in [7, 11) is 0. The van der Waals surface area contributed by atoms with Gasteiger partial charge in [0.25, 0.3) is 5.91 Å². The first-order valence-electron chi connectivity index (χ1n) is 5.54. The van der Waals surface area contributed by atoms with Crippen LogP contribution in [-0.4, -0.2) is 5.91 Å². The Morgan fingerprint density at radius 2 is 1.68 bits per heavy atom. The largest absolute Gasteiger partial charge is 0.348 e. The number of nitrogens with one attached hydrogen (secondary N) is 1. The Morgan fingerprint density at radius 3 is 2.37 bits per heavy atom. The van der Waals surface area contributed by atoms with Gasteiger partial charge in [-0.3, -0.25) is 4.79 Å². The van der Waals surface area contributed by atoms with E-state index in [9.17, 15) is 18.0 Å². The molecule has 1 amide bonds. The molecule has 0 fully saturated rings. The van der Waals surface area contributed by atoms with Crippen molar-refractivity contribution in [2.75, 3.05) is 0 Å². The highest BCUT2D eigenvalue weighted by Gasteiger charge is 2.14. The molecule has 2 rings (SSSR count). The first-order chi connectivity index (χ1) is 9.08. The summed E-state index contributed by atoms with van der Waals surface area (Å²) in [5.74, 6) is -3.36. The van der Waals surface area contributed by atoms with Crippen LogP contribution in [0.4, 0.5) is 13.2 Å².